The van der Waals surface area contributed by atoms with Crippen LogP contribution in [0.1, 0.15) is 26.7 Å². The number of nitrogens with zero attached hydrogens (tertiary/aromatic N) is 1. The van der Waals surface area contributed by atoms with E-state index in [0.717, 1.165) is 12.1 Å². The summed E-state index contributed by atoms with van der Waals surface area (Å²) in [5.74, 6) is 0.788. The Morgan fingerprint density at radius 2 is 1.93 bits per heavy atom. The third-order valence-corrected chi connectivity index (χ3v) is 3.06. The van der Waals surface area contributed by atoms with Gasteiger partial charge in [0.15, 0.2) is 0 Å². The Balaban J connectivity index is 2.29. The van der Waals surface area contributed by atoms with E-state index in [1.165, 1.54) is 0 Å². The molecule has 1 saturated heterocycles. The maximum absolute atomic E-state index is 11.8. The molecule has 1 aliphatic rings. The fraction of sp³-hybridized carbons (Fsp3) is 0.462. The first-order chi connectivity index (χ1) is 7.20. The summed E-state index contributed by atoms with van der Waals surface area (Å²) in [6.45, 7) is 4.36. The van der Waals surface area contributed by atoms with Crippen molar-refractivity contribution in [2.75, 3.05) is 4.90 Å². The van der Waals surface area contributed by atoms with Gasteiger partial charge in [-0.1, -0.05) is 32.0 Å². The molecule has 2 rings (SSSR count). The smallest absolute Gasteiger partial charge is 0.227 e. The van der Waals surface area contributed by atoms with Crippen molar-refractivity contribution in [1.29, 1.82) is 0 Å². The number of rotatable bonds is 2. The molecule has 0 saturated carbocycles. The van der Waals surface area contributed by atoms with Crippen molar-refractivity contribution in [2.24, 2.45) is 5.92 Å². The Bertz CT molecular complexity index is 345. The van der Waals surface area contributed by atoms with Crippen molar-refractivity contribution < 1.29 is 4.79 Å². The Labute approximate surface area is 90.9 Å². The molecule has 2 heteroatoms. The van der Waals surface area contributed by atoms with Gasteiger partial charge in [-0.3, -0.25) is 4.79 Å². The molecule has 1 fully saturated rings. The van der Waals surface area contributed by atoms with E-state index >= 15 is 0 Å². The van der Waals surface area contributed by atoms with Crippen LogP contribution in [-0.2, 0) is 4.79 Å². The van der Waals surface area contributed by atoms with Crippen LogP contribution in [0.25, 0.3) is 0 Å². The van der Waals surface area contributed by atoms with Gasteiger partial charge >= 0.3 is 0 Å². The highest BCUT2D eigenvalue weighted by Gasteiger charge is 2.33. The Morgan fingerprint density at radius 3 is 2.53 bits per heavy atom. The van der Waals surface area contributed by atoms with Crippen LogP contribution in [0, 0.1) is 5.92 Å². The molecule has 0 radical (unpaired) electrons. The van der Waals surface area contributed by atoms with Crippen molar-refractivity contribution in [1.82, 2.24) is 0 Å². The van der Waals surface area contributed by atoms with Gasteiger partial charge in [-0.05, 0) is 24.5 Å². The van der Waals surface area contributed by atoms with Crippen molar-refractivity contribution in [2.45, 2.75) is 32.7 Å². The second-order valence-corrected chi connectivity index (χ2v) is 4.45. The van der Waals surface area contributed by atoms with Crippen LogP contribution in [0.3, 0.4) is 0 Å². The first-order valence-electron chi connectivity index (χ1n) is 5.57. The van der Waals surface area contributed by atoms with E-state index in [9.17, 15) is 4.79 Å². The highest BCUT2D eigenvalue weighted by molar-refractivity contribution is 5.96. The van der Waals surface area contributed by atoms with E-state index < -0.39 is 0 Å². The molecule has 1 amide bonds. The van der Waals surface area contributed by atoms with Crippen LogP contribution in [0.15, 0.2) is 30.3 Å². The maximum atomic E-state index is 11.8. The number of carbonyl (C=O) groups is 1. The third-order valence-electron chi connectivity index (χ3n) is 3.06. The number of hydrogen-bond acceptors (Lipinski definition) is 1. The largest absolute Gasteiger partial charge is 0.309 e. The second-order valence-electron chi connectivity index (χ2n) is 4.45. The summed E-state index contributed by atoms with van der Waals surface area (Å²) in [4.78, 5) is 13.8. The summed E-state index contributed by atoms with van der Waals surface area (Å²) in [5.41, 5.74) is 1.04. The lowest BCUT2D eigenvalue weighted by atomic mass is 10.0. The molecule has 0 bridgehead atoms. The minimum atomic E-state index is 0.264. The van der Waals surface area contributed by atoms with E-state index in [1.807, 2.05) is 35.2 Å². The topological polar surface area (TPSA) is 20.3 Å². The predicted molar refractivity (Wildman–Crippen MR) is 61.8 cm³/mol. The number of carbonyl (C=O) groups excluding carboxylic acids is 1. The SMILES string of the molecule is CC(C)C1CCC(=O)N1c1ccccc1. The first kappa shape index (κ1) is 10.2. The van der Waals surface area contributed by atoms with Gasteiger partial charge in [0.05, 0.1) is 0 Å². The van der Waals surface area contributed by atoms with Gasteiger partial charge in [0, 0.05) is 18.2 Å². The van der Waals surface area contributed by atoms with Gasteiger partial charge in [0.2, 0.25) is 5.91 Å². The molecule has 15 heavy (non-hydrogen) atoms. The van der Waals surface area contributed by atoms with Gasteiger partial charge in [-0.15, -0.1) is 0 Å². The fourth-order valence-electron chi connectivity index (χ4n) is 2.26. The third kappa shape index (κ3) is 1.89. The summed E-state index contributed by atoms with van der Waals surface area (Å²) in [6.07, 6.45) is 1.68. The molecule has 0 aromatic heterocycles. The molecule has 1 atom stereocenters. The molecule has 0 N–H and O–H groups in total. The minimum Gasteiger partial charge on any atom is -0.309 e. The van der Waals surface area contributed by atoms with E-state index in [-0.39, 0.29) is 5.91 Å². The monoisotopic (exact) mass is 203 g/mol. The van der Waals surface area contributed by atoms with E-state index in [4.69, 9.17) is 0 Å². The summed E-state index contributed by atoms with van der Waals surface area (Å²) in [7, 11) is 0. The molecule has 0 aliphatic carbocycles. The van der Waals surface area contributed by atoms with Crippen LogP contribution < -0.4 is 4.90 Å². The van der Waals surface area contributed by atoms with Crippen LogP contribution in [0.2, 0.25) is 0 Å². The highest BCUT2D eigenvalue weighted by Crippen LogP contribution is 2.30. The van der Waals surface area contributed by atoms with Crippen molar-refractivity contribution in [3.05, 3.63) is 30.3 Å². The maximum Gasteiger partial charge on any atom is 0.227 e. The van der Waals surface area contributed by atoms with E-state index in [0.29, 0.717) is 18.4 Å². The van der Waals surface area contributed by atoms with Crippen molar-refractivity contribution in [3.8, 4) is 0 Å². The molecule has 80 valence electrons. The van der Waals surface area contributed by atoms with Crippen molar-refractivity contribution >= 4 is 11.6 Å². The van der Waals surface area contributed by atoms with Crippen LogP contribution in [-0.4, -0.2) is 11.9 Å². The molecule has 1 aromatic rings. The van der Waals surface area contributed by atoms with Crippen LogP contribution in [0.5, 0.6) is 0 Å². The van der Waals surface area contributed by atoms with Gasteiger partial charge in [-0.2, -0.15) is 0 Å². The lowest BCUT2D eigenvalue weighted by molar-refractivity contribution is -0.117. The Kier molecular flexibility index (Phi) is 2.76. The Morgan fingerprint density at radius 1 is 1.27 bits per heavy atom. The number of hydrogen-bond donors (Lipinski definition) is 0. The molecule has 1 aromatic carbocycles. The number of benzene rings is 1. The number of amides is 1. The predicted octanol–water partition coefficient (Wildman–Crippen LogP) is 2.84. The molecular weight excluding hydrogens is 186 g/mol. The number of para-hydroxylation sites is 1. The van der Waals surface area contributed by atoms with Crippen LogP contribution >= 0.6 is 0 Å². The molecule has 1 heterocycles. The molecule has 1 aliphatic heterocycles. The zero-order valence-corrected chi connectivity index (χ0v) is 9.31. The van der Waals surface area contributed by atoms with Gasteiger partial charge in [-0.25, -0.2) is 0 Å². The van der Waals surface area contributed by atoms with Gasteiger partial charge in [0.25, 0.3) is 0 Å². The minimum absolute atomic E-state index is 0.264. The molecule has 2 nitrogen and oxygen atoms in total. The molecule has 1 unspecified atom stereocenters. The van der Waals surface area contributed by atoms with Gasteiger partial charge < -0.3 is 4.90 Å². The van der Waals surface area contributed by atoms with Crippen molar-refractivity contribution in [3.63, 3.8) is 0 Å². The quantitative estimate of drug-likeness (QED) is 0.723. The Hall–Kier alpha value is -1.31. The highest BCUT2D eigenvalue weighted by atomic mass is 16.2. The normalized spacial score (nSPS) is 21.4. The van der Waals surface area contributed by atoms with Crippen LogP contribution in [0.4, 0.5) is 5.69 Å². The lowest BCUT2D eigenvalue weighted by Crippen LogP contribution is -2.36. The summed E-state index contributed by atoms with van der Waals surface area (Å²) in [5, 5.41) is 0. The fourth-order valence-corrected chi connectivity index (χ4v) is 2.26. The summed E-state index contributed by atoms with van der Waals surface area (Å²) in [6, 6.07) is 10.3. The molecule has 0 spiro atoms. The standard InChI is InChI=1S/C13H17NO/c1-10(2)12-8-9-13(15)14(12)11-6-4-3-5-7-11/h3-7,10,12H,8-9H2,1-2H3. The molecular formula is C13H17NO. The second kappa shape index (κ2) is 4.05. The summed E-state index contributed by atoms with van der Waals surface area (Å²) < 4.78 is 0. The first-order valence-corrected chi connectivity index (χ1v) is 5.57. The average molecular weight is 203 g/mol. The van der Waals surface area contributed by atoms with Gasteiger partial charge in [0.1, 0.15) is 0 Å². The zero-order chi connectivity index (χ0) is 10.8. The summed E-state index contributed by atoms with van der Waals surface area (Å²) >= 11 is 0. The van der Waals surface area contributed by atoms with E-state index in [2.05, 4.69) is 13.8 Å². The number of anilines is 1. The van der Waals surface area contributed by atoms with E-state index in [1.54, 1.807) is 0 Å². The lowest BCUT2D eigenvalue weighted by Gasteiger charge is -2.27. The zero-order valence-electron chi connectivity index (χ0n) is 9.31. The average Bonchev–Trinajstić information content (AvgIpc) is 2.61.